The summed E-state index contributed by atoms with van der Waals surface area (Å²) in [4.78, 5) is 22.3. The van der Waals surface area contributed by atoms with Crippen molar-refractivity contribution in [2.24, 2.45) is 0 Å². The molecule has 6 nitrogen and oxygen atoms in total. The van der Waals surface area contributed by atoms with Gasteiger partial charge in [-0.05, 0) is 28.7 Å². The van der Waals surface area contributed by atoms with Gasteiger partial charge in [0.15, 0.2) is 0 Å². The Morgan fingerprint density at radius 3 is 2.72 bits per heavy atom. The number of halogens is 1. The van der Waals surface area contributed by atoms with Crippen LogP contribution in [0.4, 0.5) is 11.4 Å². The van der Waals surface area contributed by atoms with Crippen molar-refractivity contribution in [2.75, 3.05) is 18.0 Å². The average Bonchev–Trinajstić information content (AvgIpc) is 2.27. The second-order valence-electron chi connectivity index (χ2n) is 3.35. The first-order valence-corrected chi connectivity index (χ1v) is 5.87. The summed E-state index contributed by atoms with van der Waals surface area (Å²) in [6, 6.07) is 4.20. The number of benzene rings is 1. The molecule has 94 valence electrons. The number of carbonyl (C=O) groups is 1. The zero-order chi connectivity index (χ0) is 13.7. The number of carboxylic acid groups (broad SMARTS) is 1. The maximum Gasteiger partial charge on any atom is 0.323 e. The monoisotopic (exact) mass is 360 g/mol. The first-order chi connectivity index (χ1) is 8.45. The maximum absolute atomic E-state index is 10.7. The molecule has 18 heavy (non-hydrogen) atoms. The summed E-state index contributed by atoms with van der Waals surface area (Å²) < 4.78 is 0.582. The van der Waals surface area contributed by atoms with Crippen LogP contribution in [0.1, 0.15) is 0 Å². The van der Waals surface area contributed by atoms with Crippen LogP contribution in [0.5, 0.6) is 0 Å². The van der Waals surface area contributed by atoms with Crippen molar-refractivity contribution < 1.29 is 14.8 Å². The molecule has 0 aliphatic heterocycles. The van der Waals surface area contributed by atoms with Gasteiger partial charge in [-0.1, -0.05) is 5.92 Å². The molecule has 0 atom stereocenters. The molecule has 0 aliphatic rings. The molecule has 1 rings (SSSR count). The summed E-state index contributed by atoms with van der Waals surface area (Å²) in [5.74, 6) is 1.35. The van der Waals surface area contributed by atoms with Gasteiger partial charge in [0.05, 0.1) is 17.2 Å². The number of hydrogen-bond acceptors (Lipinski definition) is 4. The number of nitro benzene ring substituents is 1. The van der Waals surface area contributed by atoms with Crippen LogP contribution in [-0.2, 0) is 4.79 Å². The van der Waals surface area contributed by atoms with E-state index in [2.05, 4.69) is 5.92 Å². The van der Waals surface area contributed by atoms with E-state index < -0.39 is 10.9 Å². The number of rotatable bonds is 5. The molecule has 0 bridgehead atoms. The Labute approximate surface area is 117 Å². The number of hydrogen-bond donors (Lipinski definition) is 1. The third kappa shape index (κ3) is 3.59. The van der Waals surface area contributed by atoms with E-state index in [1.54, 1.807) is 0 Å². The van der Waals surface area contributed by atoms with E-state index in [4.69, 9.17) is 11.5 Å². The van der Waals surface area contributed by atoms with Crippen LogP contribution >= 0.6 is 22.6 Å². The SMILES string of the molecule is C#CCN(CC(=O)O)c1ccc([N+](=O)[O-])cc1I. The van der Waals surface area contributed by atoms with Gasteiger partial charge < -0.3 is 10.0 Å². The van der Waals surface area contributed by atoms with Gasteiger partial charge in [-0.3, -0.25) is 14.9 Å². The van der Waals surface area contributed by atoms with E-state index in [9.17, 15) is 14.9 Å². The Morgan fingerprint density at radius 1 is 1.61 bits per heavy atom. The molecule has 0 aromatic heterocycles. The predicted molar refractivity (Wildman–Crippen MR) is 74.5 cm³/mol. The fraction of sp³-hybridized carbons (Fsp3) is 0.182. The minimum atomic E-state index is -1.01. The normalized spacial score (nSPS) is 9.56. The summed E-state index contributed by atoms with van der Waals surface area (Å²) >= 11 is 1.91. The molecule has 7 heteroatoms. The minimum Gasteiger partial charge on any atom is -0.480 e. The smallest absolute Gasteiger partial charge is 0.323 e. The van der Waals surface area contributed by atoms with Gasteiger partial charge in [-0.25, -0.2) is 0 Å². The van der Waals surface area contributed by atoms with E-state index in [0.29, 0.717) is 9.26 Å². The molecule has 1 aromatic carbocycles. The zero-order valence-electron chi connectivity index (χ0n) is 9.17. The standard InChI is InChI=1S/C11H9IN2O4/c1-2-5-13(7-11(15)16)10-4-3-8(14(17)18)6-9(10)12/h1,3-4,6H,5,7H2,(H,15,16). The Kier molecular flexibility index (Phi) is 4.91. The van der Waals surface area contributed by atoms with Crippen LogP contribution in [0, 0.1) is 26.0 Å². The predicted octanol–water partition coefficient (Wildman–Crippen LogP) is 1.72. The molecule has 1 aromatic rings. The number of terminal acetylenes is 1. The maximum atomic E-state index is 10.7. The Hall–Kier alpha value is -1.82. The van der Waals surface area contributed by atoms with E-state index in [0.717, 1.165) is 0 Å². The molecule has 0 spiro atoms. The highest BCUT2D eigenvalue weighted by Gasteiger charge is 2.15. The van der Waals surface area contributed by atoms with E-state index >= 15 is 0 Å². The van der Waals surface area contributed by atoms with Crippen LogP contribution in [0.2, 0.25) is 0 Å². The molecular formula is C11H9IN2O4. The van der Waals surface area contributed by atoms with Crippen molar-refractivity contribution in [3.05, 3.63) is 31.9 Å². The molecule has 0 unspecified atom stereocenters. The van der Waals surface area contributed by atoms with Crippen LogP contribution in [0.15, 0.2) is 18.2 Å². The molecule has 0 fully saturated rings. The summed E-state index contributed by atoms with van der Waals surface area (Å²) in [5.41, 5.74) is 0.528. The third-order valence-corrected chi connectivity index (χ3v) is 2.96. The topological polar surface area (TPSA) is 83.7 Å². The van der Waals surface area contributed by atoms with Crippen LogP contribution < -0.4 is 4.90 Å². The quantitative estimate of drug-likeness (QED) is 0.374. The Bertz CT molecular complexity index is 524. The van der Waals surface area contributed by atoms with Gasteiger partial charge >= 0.3 is 5.97 Å². The summed E-state index contributed by atoms with van der Waals surface area (Å²) in [5, 5.41) is 19.4. The lowest BCUT2D eigenvalue weighted by atomic mass is 10.2. The van der Waals surface area contributed by atoms with Crippen molar-refractivity contribution in [1.82, 2.24) is 0 Å². The highest BCUT2D eigenvalue weighted by atomic mass is 127. The first-order valence-electron chi connectivity index (χ1n) is 4.80. The number of anilines is 1. The zero-order valence-corrected chi connectivity index (χ0v) is 11.3. The summed E-state index contributed by atoms with van der Waals surface area (Å²) in [6.45, 7) is -0.127. The lowest BCUT2D eigenvalue weighted by Gasteiger charge is -2.21. The number of non-ortho nitro benzene ring substituents is 1. The second kappa shape index (κ2) is 6.20. The highest BCUT2D eigenvalue weighted by molar-refractivity contribution is 14.1. The number of nitro groups is 1. The number of nitrogens with zero attached hydrogens (tertiary/aromatic N) is 2. The van der Waals surface area contributed by atoms with Crippen LogP contribution in [0.25, 0.3) is 0 Å². The van der Waals surface area contributed by atoms with Crippen molar-refractivity contribution in [3.63, 3.8) is 0 Å². The number of carboxylic acids is 1. The third-order valence-electron chi connectivity index (χ3n) is 2.09. The van der Waals surface area contributed by atoms with E-state index in [1.165, 1.54) is 23.1 Å². The molecule has 0 saturated heterocycles. The molecule has 0 amide bonds. The van der Waals surface area contributed by atoms with Crippen molar-refractivity contribution in [2.45, 2.75) is 0 Å². The van der Waals surface area contributed by atoms with Crippen molar-refractivity contribution >= 4 is 39.9 Å². The van der Waals surface area contributed by atoms with Crippen molar-refractivity contribution in [3.8, 4) is 12.3 Å². The molecule has 0 aliphatic carbocycles. The molecule has 0 radical (unpaired) electrons. The van der Waals surface area contributed by atoms with Gasteiger partial charge in [0.2, 0.25) is 0 Å². The second-order valence-corrected chi connectivity index (χ2v) is 4.51. The van der Waals surface area contributed by atoms with Gasteiger partial charge in [0.1, 0.15) is 6.54 Å². The van der Waals surface area contributed by atoms with Gasteiger partial charge in [-0.15, -0.1) is 6.42 Å². The van der Waals surface area contributed by atoms with Crippen molar-refractivity contribution in [1.29, 1.82) is 0 Å². The van der Waals surface area contributed by atoms with Gasteiger partial charge in [0.25, 0.3) is 5.69 Å². The highest BCUT2D eigenvalue weighted by Crippen LogP contribution is 2.26. The first kappa shape index (κ1) is 14.2. The average molecular weight is 360 g/mol. The van der Waals surface area contributed by atoms with Gasteiger partial charge in [0, 0.05) is 15.7 Å². The van der Waals surface area contributed by atoms with E-state index in [-0.39, 0.29) is 18.8 Å². The van der Waals surface area contributed by atoms with Crippen LogP contribution in [-0.4, -0.2) is 29.1 Å². The largest absolute Gasteiger partial charge is 0.480 e. The number of aliphatic carboxylic acids is 1. The lowest BCUT2D eigenvalue weighted by molar-refractivity contribution is -0.384. The Balaban J connectivity index is 3.09. The van der Waals surface area contributed by atoms with Gasteiger partial charge in [-0.2, -0.15) is 0 Å². The minimum absolute atomic E-state index is 0.0425. The lowest BCUT2D eigenvalue weighted by Crippen LogP contribution is -2.30. The summed E-state index contributed by atoms with van der Waals surface area (Å²) in [7, 11) is 0. The fourth-order valence-corrected chi connectivity index (χ4v) is 2.21. The summed E-state index contributed by atoms with van der Waals surface area (Å²) in [6.07, 6.45) is 5.18. The molecule has 0 heterocycles. The molecule has 0 saturated carbocycles. The molecular weight excluding hydrogens is 351 g/mol. The Morgan fingerprint density at radius 2 is 2.28 bits per heavy atom. The fourth-order valence-electron chi connectivity index (χ4n) is 1.37. The van der Waals surface area contributed by atoms with Crippen LogP contribution in [0.3, 0.4) is 0 Å². The molecule has 1 N–H and O–H groups in total. The van der Waals surface area contributed by atoms with E-state index in [1.807, 2.05) is 22.6 Å².